The number of methoxy groups -OCH3 is 1. The minimum absolute atomic E-state index is 0.107. The van der Waals surface area contributed by atoms with Crippen LogP contribution in [0.4, 0.5) is 0 Å². The highest BCUT2D eigenvalue weighted by molar-refractivity contribution is 7.99. The van der Waals surface area contributed by atoms with Crippen LogP contribution in [-0.4, -0.2) is 46.0 Å². The van der Waals surface area contributed by atoms with Gasteiger partial charge in [-0.1, -0.05) is 54.2 Å². The van der Waals surface area contributed by atoms with Crippen LogP contribution in [0.15, 0.2) is 59.8 Å². The third kappa shape index (κ3) is 4.58. The number of nitrogens with one attached hydrogen (secondary N) is 1. The summed E-state index contributed by atoms with van der Waals surface area (Å²) < 4.78 is 6.45. The number of amides is 1. The Morgan fingerprint density at radius 3 is 2.50 bits per heavy atom. The number of aryl methyl sites for hydroxylation is 1. The molecule has 144 valence electrons. The Bertz CT molecular complexity index is 973. The first-order valence-corrected chi connectivity index (χ1v) is 9.62. The zero-order valence-corrected chi connectivity index (χ0v) is 16.4. The lowest BCUT2D eigenvalue weighted by Gasteiger charge is -2.11. The largest absolute Gasteiger partial charge is 0.468 e. The van der Waals surface area contributed by atoms with E-state index in [0.717, 1.165) is 16.8 Å². The predicted molar refractivity (Wildman–Crippen MR) is 107 cm³/mol. The van der Waals surface area contributed by atoms with Crippen molar-refractivity contribution < 1.29 is 14.3 Å². The molecular formula is C20H20N4O3S. The van der Waals surface area contributed by atoms with Crippen LogP contribution in [-0.2, 0) is 14.3 Å². The summed E-state index contributed by atoms with van der Waals surface area (Å²) in [7, 11) is 1.28. The number of esters is 1. The van der Waals surface area contributed by atoms with Crippen LogP contribution >= 0.6 is 11.8 Å². The topological polar surface area (TPSA) is 86.1 Å². The van der Waals surface area contributed by atoms with Crippen LogP contribution < -0.4 is 5.32 Å². The molecule has 0 radical (unpaired) electrons. The lowest BCUT2D eigenvalue weighted by Crippen LogP contribution is -2.31. The first-order valence-electron chi connectivity index (χ1n) is 8.63. The van der Waals surface area contributed by atoms with E-state index >= 15 is 0 Å². The Labute approximate surface area is 167 Å². The Kier molecular flexibility index (Phi) is 6.44. The summed E-state index contributed by atoms with van der Waals surface area (Å²) in [5.41, 5.74) is 2.96. The van der Waals surface area contributed by atoms with Crippen LogP contribution in [0.1, 0.15) is 5.56 Å². The van der Waals surface area contributed by atoms with Crippen molar-refractivity contribution >= 4 is 23.6 Å². The van der Waals surface area contributed by atoms with E-state index in [9.17, 15) is 9.59 Å². The number of thioether (sulfide) groups is 1. The summed E-state index contributed by atoms with van der Waals surface area (Å²) in [6.45, 7) is 1.86. The van der Waals surface area contributed by atoms with E-state index in [1.165, 1.54) is 18.9 Å². The second-order valence-corrected chi connectivity index (χ2v) is 6.88. The Hall–Kier alpha value is -3.13. The summed E-state index contributed by atoms with van der Waals surface area (Å²) >= 11 is 1.26. The van der Waals surface area contributed by atoms with E-state index in [4.69, 9.17) is 0 Å². The number of ether oxygens (including phenoxy) is 1. The molecule has 0 fully saturated rings. The fourth-order valence-electron chi connectivity index (χ4n) is 2.60. The van der Waals surface area contributed by atoms with Gasteiger partial charge in [-0.2, -0.15) is 0 Å². The van der Waals surface area contributed by atoms with Gasteiger partial charge >= 0.3 is 5.97 Å². The number of nitrogens with zero attached hydrogens (tertiary/aromatic N) is 3. The number of carbonyl (C=O) groups is 2. The molecule has 0 atom stereocenters. The molecule has 0 spiro atoms. The molecule has 0 bridgehead atoms. The van der Waals surface area contributed by atoms with Crippen molar-refractivity contribution in [1.82, 2.24) is 20.1 Å². The van der Waals surface area contributed by atoms with E-state index in [-0.39, 0.29) is 18.2 Å². The maximum absolute atomic E-state index is 12.0. The molecule has 3 rings (SSSR count). The van der Waals surface area contributed by atoms with Gasteiger partial charge in [-0.15, -0.1) is 10.2 Å². The molecule has 1 heterocycles. The monoisotopic (exact) mass is 396 g/mol. The molecule has 3 aromatic rings. The molecule has 1 amide bonds. The van der Waals surface area contributed by atoms with Gasteiger partial charge in [-0.25, -0.2) is 0 Å². The predicted octanol–water partition coefficient (Wildman–Crippen LogP) is 2.62. The average molecular weight is 396 g/mol. The minimum Gasteiger partial charge on any atom is -0.468 e. The highest BCUT2D eigenvalue weighted by Gasteiger charge is 2.18. The summed E-state index contributed by atoms with van der Waals surface area (Å²) in [4.78, 5) is 23.2. The highest BCUT2D eigenvalue weighted by atomic mass is 32.2. The highest BCUT2D eigenvalue weighted by Crippen LogP contribution is 2.29. The van der Waals surface area contributed by atoms with Crippen molar-refractivity contribution in [3.63, 3.8) is 0 Å². The van der Waals surface area contributed by atoms with Gasteiger partial charge in [0.25, 0.3) is 0 Å². The van der Waals surface area contributed by atoms with Gasteiger partial charge in [-0.3, -0.25) is 14.2 Å². The Morgan fingerprint density at radius 1 is 1.07 bits per heavy atom. The number of benzene rings is 2. The van der Waals surface area contributed by atoms with Crippen LogP contribution in [0.25, 0.3) is 17.1 Å². The van der Waals surface area contributed by atoms with Crippen molar-refractivity contribution in [2.45, 2.75) is 12.1 Å². The molecule has 28 heavy (non-hydrogen) atoms. The zero-order chi connectivity index (χ0) is 19.9. The zero-order valence-electron chi connectivity index (χ0n) is 15.6. The minimum atomic E-state index is -0.493. The smallest absolute Gasteiger partial charge is 0.325 e. The van der Waals surface area contributed by atoms with Gasteiger partial charge in [0, 0.05) is 11.3 Å². The number of aromatic nitrogens is 3. The molecule has 0 aliphatic carbocycles. The lowest BCUT2D eigenvalue weighted by molar-refractivity contribution is -0.140. The molecule has 7 nitrogen and oxygen atoms in total. The van der Waals surface area contributed by atoms with E-state index in [1.807, 2.05) is 66.1 Å². The molecule has 0 saturated carbocycles. The van der Waals surface area contributed by atoms with Gasteiger partial charge < -0.3 is 10.1 Å². The van der Waals surface area contributed by atoms with Gasteiger partial charge in [0.1, 0.15) is 6.54 Å². The second kappa shape index (κ2) is 9.18. The van der Waals surface area contributed by atoms with E-state index in [2.05, 4.69) is 20.3 Å². The van der Waals surface area contributed by atoms with Crippen molar-refractivity contribution in [3.8, 4) is 17.1 Å². The Balaban J connectivity index is 1.87. The van der Waals surface area contributed by atoms with Gasteiger partial charge in [-0.05, 0) is 24.6 Å². The normalized spacial score (nSPS) is 10.5. The Morgan fingerprint density at radius 2 is 1.79 bits per heavy atom. The molecule has 2 aromatic carbocycles. The van der Waals surface area contributed by atoms with Gasteiger partial charge in [0.05, 0.1) is 12.9 Å². The van der Waals surface area contributed by atoms with Crippen LogP contribution in [0.5, 0.6) is 0 Å². The van der Waals surface area contributed by atoms with Gasteiger partial charge in [0.15, 0.2) is 11.0 Å². The molecule has 0 saturated heterocycles. The van der Waals surface area contributed by atoms with Crippen molar-refractivity contribution in [1.29, 1.82) is 0 Å². The summed E-state index contributed by atoms with van der Waals surface area (Å²) in [5, 5.41) is 11.8. The van der Waals surface area contributed by atoms with Crippen molar-refractivity contribution in [2.75, 3.05) is 19.4 Å². The van der Waals surface area contributed by atoms with Crippen LogP contribution in [0.2, 0.25) is 0 Å². The summed E-state index contributed by atoms with van der Waals surface area (Å²) in [6.07, 6.45) is 0. The third-order valence-corrected chi connectivity index (χ3v) is 4.95. The van der Waals surface area contributed by atoms with E-state index < -0.39 is 5.97 Å². The first-order chi connectivity index (χ1) is 13.6. The number of carbonyl (C=O) groups excluding carboxylic acids is 2. The number of hydrogen-bond donors (Lipinski definition) is 1. The van der Waals surface area contributed by atoms with Crippen LogP contribution in [0.3, 0.4) is 0 Å². The second-order valence-electron chi connectivity index (χ2n) is 5.93. The number of para-hydroxylation sites is 1. The average Bonchev–Trinajstić information content (AvgIpc) is 3.15. The molecule has 0 aliphatic heterocycles. The lowest BCUT2D eigenvalue weighted by atomic mass is 10.1. The fourth-order valence-corrected chi connectivity index (χ4v) is 3.38. The summed E-state index contributed by atoms with van der Waals surface area (Å²) in [6, 6.07) is 17.7. The maximum atomic E-state index is 12.0. The number of hydrogen-bond acceptors (Lipinski definition) is 6. The molecule has 1 N–H and O–H groups in total. The SMILES string of the molecule is COC(=O)CNC(=O)CSc1nnc(-c2ccccc2C)n1-c1ccccc1. The van der Waals surface area contributed by atoms with Crippen molar-refractivity contribution in [2.24, 2.45) is 0 Å². The molecule has 8 heteroatoms. The van der Waals surface area contributed by atoms with Gasteiger partial charge in [0.2, 0.25) is 5.91 Å². The van der Waals surface area contributed by atoms with E-state index in [0.29, 0.717) is 11.0 Å². The molecular weight excluding hydrogens is 376 g/mol. The van der Waals surface area contributed by atoms with E-state index in [1.54, 1.807) is 0 Å². The maximum Gasteiger partial charge on any atom is 0.325 e. The number of rotatable bonds is 7. The van der Waals surface area contributed by atoms with Crippen LogP contribution in [0, 0.1) is 6.92 Å². The summed E-state index contributed by atoms with van der Waals surface area (Å²) in [5.74, 6) is 0.0419. The van der Waals surface area contributed by atoms with Crippen molar-refractivity contribution in [3.05, 3.63) is 60.2 Å². The fraction of sp³-hybridized carbons (Fsp3) is 0.200. The molecule has 1 aromatic heterocycles. The molecule has 0 unspecified atom stereocenters. The standard InChI is InChI=1S/C20H20N4O3S/c1-14-8-6-7-11-16(14)19-22-23-20(24(19)15-9-4-3-5-10-15)28-13-17(25)21-12-18(26)27-2/h3-11H,12-13H2,1-2H3,(H,21,25). The molecule has 0 aliphatic rings. The third-order valence-electron chi connectivity index (χ3n) is 4.02. The first kappa shape index (κ1) is 19.6. The quantitative estimate of drug-likeness (QED) is 0.488.